The van der Waals surface area contributed by atoms with Crippen LogP contribution in [0.5, 0.6) is 0 Å². The summed E-state index contributed by atoms with van der Waals surface area (Å²) in [5, 5.41) is 0. The maximum atomic E-state index is 13.7. The lowest BCUT2D eigenvalue weighted by Gasteiger charge is -2.48. The zero-order chi connectivity index (χ0) is 24.9. The highest BCUT2D eigenvalue weighted by atomic mass is 28.4. The maximum absolute atomic E-state index is 13.7. The Morgan fingerprint density at radius 1 is 1.21 bits per heavy atom. The van der Waals surface area contributed by atoms with Crippen molar-refractivity contribution in [3.05, 3.63) is 24.3 Å². The lowest BCUT2D eigenvalue weighted by atomic mass is 9.62. The van der Waals surface area contributed by atoms with Gasteiger partial charge in [0.05, 0.1) is 25.2 Å². The van der Waals surface area contributed by atoms with Crippen LogP contribution in [0.25, 0.3) is 0 Å². The summed E-state index contributed by atoms with van der Waals surface area (Å²) in [6.07, 6.45) is 7.95. The number of ether oxygens (including phenoxy) is 2. The lowest BCUT2D eigenvalue weighted by molar-refractivity contribution is -0.163. The first-order valence-corrected chi connectivity index (χ1v) is 19.5. The summed E-state index contributed by atoms with van der Waals surface area (Å²) in [7, 11) is -2.31. The number of rotatable bonds is 6. The molecule has 4 fully saturated rings. The zero-order valence-electron chi connectivity index (χ0n) is 21.8. The number of fused-ring (bicyclic) bond motifs is 1. The van der Waals surface area contributed by atoms with Crippen LogP contribution in [0, 0.1) is 28.6 Å². The predicted molar refractivity (Wildman–Crippen MR) is 134 cm³/mol. The summed E-state index contributed by atoms with van der Waals surface area (Å²) in [6, 6.07) is 0. The molecular formula is C26H40O6Si2. The topological polar surface area (TPSA) is 71.1 Å². The van der Waals surface area contributed by atoms with Gasteiger partial charge in [0.1, 0.15) is 11.0 Å². The molecule has 0 N–H and O–H groups in total. The normalized spacial score (nSPS) is 44.6. The van der Waals surface area contributed by atoms with E-state index in [1.807, 2.05) is 6.08 Å². The third-order valence-electron chi connectivity index (χ3n) is 9.17. The van der Waals surface area contributed by atoms with Gasteiger partial charge in [0.2, 0.25) is 0 Å². The molecule has 1 spiro atoms. The van der Waals surface area contributed by atoms with E-state index in [2.05, 4.69) is 51.9 Å². The molecule has 1 saturated heterocycles. The first-order chi connectivity index (χ1) is 15.6. The molecule has 188 valence electrons. The second-order valence-electron chi connectivity index (χ2n) is 13.4. The number of hydrogen-bond donors (Lipinski definition) is 0. The van der Waals surface area contributed by atoms with Crippen LogP contribution in [-0.2, 0) is 27.9 Å². The van der Waals surface area contributed by atoms with Gasteiger partial charge >= 0.3 is 11.9 Å². The van der Waals surface area contributed by atoms with Crippen LogP contribution < -0.4 is 0 Å². The largest absolute Gasteiger partial charge is 0.469 e. The van der Waals surface area contributed by atoms with Crippen molar-refractivity contribution in [2.45, 2.75) is 82.6 Å². The standard InChI is InChI=1S/C26H40O6Si2/c1-17-14-24-15-25(17,32-34(6,7)8)13-10-18(24)26-12-9-11-23(22(28)31-26,16-30-33(3,4)5)20(26)19(24)21(27)29-2/h9,11,18-20H,1,10,12-16H2,2-8H3/t18-,19-,20-,23?,24+,25+,26-/m0/s1. The average Bonchev–Trinajstić information content (AvgIpc) is 3.12. The first-order valence-electron chi connectivity index (χ1n) is 12.7. The molecule has 1 heterocycles. The van der Waals surface area contributed by atoms with Crippen LogP contribution in [0.3, 0.4) is 0 Å². The number of carbonyl (C=O) groups excluding carboxylic acids is 2. The van der Waals surface area contributed by atoms with Crippen molar-refractivity contribution in [3.63, 3.8) is 0 Å². The highest BCUT2D eigenvalue weighted by Gasteiger charge is 2.83. The summed E-state index contributed by atoms with van der Waals surface area (Å²) in [4.78, 5) is 27.3. The highest BCUT2D eigenvalue weighted by molar-refractivity contribution is 6.70. The lowest BCUT2D eigenvalue weighted by Crippen LogP contribution is -2.50. The molecule has 1 aliphatic heterocycles. The van der Waals surface area contributed by atoms with E-state index in [0.29, 0.717) is 6.42 Å². The summed E-state index contributed by atoms with van der Waals surface area (Å²) < 4.78 is 25.1. The van der Waals surface area contributed by atoms with Crippen LogP contribution in [0.4, 0.5) is 0 Å². The van der Waals surface area contributed by atoms with Crippen LogP contribution in [0.2, 0.25) is 39.3 Å². The summed E-state index contributed by atoms with van der Waals surface area (Å²) in [5.41, 5.74) is -1.30. The molecule has 7 atom stereocenters. The van der Waals surface area contributed by atoms with E-state index in [1.165, 1.54) is 7.11 Å². The summed E-state index contributed by atoms with van der Waals surface area (Å²) >= 11 is 0. The van der Waals surface area contributed by atoms with E-state index < -0.39 is 39.2 Å². The summed E-state index contributed by atoms with van der Waals surface area (Å²) in [6.45, 7) is 17.8. The van der Waals surface area contributed by atoms with E-state index in [4.69, 9.17) is 18.3 Å². The smallest absolute Gasteiger partial charge is 0.319 e. The quantitative estimate of drug-likeness (QED) is 0.293. The molecular weight excluding hydrogens is 464 g/mol. The van der Waals surface area contributed by atoms with Gasteiger partial charge in [-0.15, -0.1) is 0 Å². The Labute approximate surface area is 205 Å². The Hall–Kier alpha value is -1.23. The fourth-order valence-electron chi connectivity index (χ4n) is 8.43. The molecule has 5 rings (SSSR count). The minimum Gasteiger partial charge on any atom is -0.469 e. The SMILES string of the molecule is C=C1C[C@@]23C[C@]1(O[Si](C)(C)C)CC[C@@H]2[C@]12CC=CC(CO[Si](C)(C)C)(C(=O)O1)[C@@H]2[C@H]3C(=O)OC. The molecule has 0 aromatic carbocycles. The van der Waals surface area contributed by atoms with Gasteiger partial charge in [0, 0.05) is 18.3 Å². The van der Waals surface area contributed by atoms with Crippen LogP contribution in [0.1, 0.15) is 32.1 Å². The fraction of sp³-hybridized carbons (Fsp3) is 0.769. The molecule has 0 aromatic rings. The monoisotopic (exact) mass is 504 g/mol. The van der Waals surface area contributed by atoms with Crippen molar-refractivity contribution in [1.82, 2.24) is 0 Å². The molecule has 1 unspecified atom stereocenters. The molecule has 34 heavy (non-hydrogen) atoms. The third-order valence-corrected chi connectivity index (χ3v) is 11.2. The second kappa shape index (κ2) is 7.17. The Morgan fingerprint density at radius 2 is 1.91 bits per heavy atom. The van der Waals surface area contributed by atoms with Gasteiger partial charge in [-0.3, -0.25) is 9.59 Å². The molecule has 0 amide bonds. The molecule has 4 aliphatic carbocycles. The number of hydrogen-bond acceptors (Lipinski definition) is 6. The van der Waals surface area contributed by atoms with Gasteiger partial charge in [-0.25, -0.2) is 0 Å². The van der Waals surface area contributed by atoms with Gasteiger partial charge in [-0.2, -0.15) is 0 Å². The van der Waals surface area contributed by atoms with Crippen molar-refractivity contribution in [3.8, 4) is 0 Å². The van der Waals surface area contributed by atoms with Gasteiger partial charge < -0.3 is 18.3 Å². The van der Waals surface area contributed by atoms with Gasteiger partial charge in [-0.05, 0) is 76.0 Å². The minimum absolute atomic E-state index is 0.0781. The van der Waals surface area contributed by atoms with E-state index in [0.717, 1.165) is 31.3 Å². The molecule has 3 saturated carbocycles. The first kappa shape index (κ1) is 24.5. The third kappa shape index (κ3) is 3.10. The number of carbonyl (C=O) groups is 2. The summed E-state index contributed by atoms with van der Waals surface area (Å²) in [5.74, 6) is -1.14. The van der Waals surface area contributed by atoms with Crippen LogP contribution >= 0.6 is 0 Å². The fourth-order valence-corrected chi connectivity index (χ4v) is 10.6. The van der Waals surface area contributed by atoms with Crippen LogP contribution in [-0.4, -0.2) is 53.5 Å². The maximum Gasteiger partial charge on any atom is 0.319 e. The van der Waals surface area contributed by atoms with E-state index in [1.54, 1.807) is 0 Å². The Morgan fingerprint density at radius 3 is 2.53 bits per heavy atom. The van der Waals surface area contributed by atoms with Crippen LogP contribution in [0.15, 0.2) is 24.3 Å². The van der Waals surface area contributed by atoms with Crippen molar-refractivity contribution < 1.29 is 27.9 Å². The van der Waals surface area contributed by atoms with Gasteiger partial charge in [0.25, 0.3) is 0 Å². The molecule has 6 nitrogen and oxygen atoms in total. The van der Waals surface area contributed by atoms with E-state index >= 15 is 0 Å². The van der Waals surface area contributed by atoms with Crippen molar-refractivity contribution in [1.29, 1.82) is 0 Å². The number of methoxy groups -OCH3 is 1. The molecule has 8 heteroatoms. The van der Waals surface area contributed by atoms with Gasteiger partial charge in [-0.1, -0.05) is 18.7 Å². The average molecular weight is 505 g/mol. The predicted octanol–water partition coefficient (Wildman–Crippen LogP) is 4.84. The second-order valence-corrected chi connectivity index (χ2v) is 22.3. The molecule has 0 radical (unpaired) electrons. The Balaban J connectivity index is 1.65. The van der Waals surface area contributed by atoms with Gasteiger partial charge in [0.15, 0.2) is 16.6 Å². The van der Waals surface area contributed by atoms with E-state index in [-0.39, 0.29) is 35.8 Å². The molecule has 5 aliphatic rings. The highest BCUT2D eigenvalue weighted by Crippen LogP contribution is 2.78. The van der Waals surface area contributed by atoms with Crippen molar-refractivity contribution >= 4 is 28.6 Å². The molecule has 0 aromatic heterocycles. The Kier molecular flexibility index (Phi) is 5.16. The van der Waals surface area contributed by atoms with Crippen molar-refractivity contribution in [2.75, 3.05) is 13.7 Å². The van der Waals surface area contributed by atoms with E-state index in [9.17, 15) is 9.59 Å². The Bertz CT molecular complexity index is 979. The minimum atomic E-state index is -1.91. The zero-order valence-corrected chi connectivity index (χ0v) is 23.8. The molecule has 4 bridgehead atoms. The number of esters is 2. The van der Waals surface area contributed by atoms with Crippen molar-refractivity contribution in [2.24, 2.45) is 28.6 Å².